The number of hydrogen-bond acceptors (Lipinski definition) is 7. The van der Waals surface area contributed by atoms with Gasteiger partial charge in [-0.3, -0.25) is 5.32 Å². The van der Waals surface area contributed by atoms with Gasteiger partial charge >= 0.3 is 18.4 Å². The lowest BCUT2D eigenvalue weighted by Gasteiger charge is -2.32. The number of ether oxygens (including phenoxy) is 2. The zero-order valence-corrected chi connectivity index (χ0v) is 25.7. The van der Waals surface area contributed by atoms with Crippen LogP contribution in [0.5, 0.6) is 5.75 Å². The monoisotopic (exact) mass is 625 g/mol. The molecule has 0 saturated carbocycles. The van der Waals surface area contributed by atoms with Crippen LogP contribution < -0.4 is 10.1 Å². The fourth-order valence-corrected chi connectivity index (χ4v) is 4.79. The van der Waals surface area contributed by atoms with E-state index in [4.69, 9.17) is 14.0 Å². The van der Waals surface area contributed by atoms with Gasteiger partial charge < -0.3 is 24.0 Å². The second kappa shape index (κ2) is 15.8. The Bertz CT molecular complexity index is 1270. The predicted octanol–water partition coefficient (Wildman–Crippen LogP) is 7.62. The molecule has 2 heterocycles. The van der Waals surface area contributed by atoms with Gasteiger partial charge in [0, 0.05) is 18.7 Å². The normalized spacial score (nSPS) is 16.1. The summed E-state index contributed by atoms with van der Waals surface area (Å²) in [7, 11) is 0. The third-order valence-electron chi connectivity index (χ3n) is 6.87. The van der Waals surface area contributed by atoms with E-state index in [9.17, 15) is 27.9 Å². The first-order valence-electron chi connectivity index (χ1n) is 15.0. The van der Waals surface area contributed by atoms with E-state index in [1.165, 1.54) is 25.0 Å². The molecule has 244 valence electrons. The van der Waals surface area contributed by atoms with E-state index in [1.807, 2.05) is 0 Å². The highest BCUT2D eigenvalue weighted by Crippen LogP contribution is 2.39. The largest absolute Gasteiger partial charge is 0.493 e. The summed E-state index contributed by atoms with van der Waals surface area (Å²) in [5.74, 6) is -0.701. The van der Waals surface area contributed by atoms with Crippen molar-refractivity contribution in [3.63, 3.8) is 0 Å². The number of rotatable bonds is 11. The van der Waals surface area contributed by atoms with E-state index in [0.717, 1.165) is 31.7 Å². The Balaban J connectivity index is 1.70. The predicted molar refractivity (Wildman–Crippen MR) is 157 cm³/mol. The van der Waals surface area contributed by atoms with Gasteiger partial charge in [0.25, 0.3) is 0 Å². The molecule has 1 aromatic carbocycles. The van der Waals surface area contributed by atoms with Gasteiger partial charge in [-0.1, -0.05) is 50.6 Å². The van der Waals surface area contributed by atoms with Gasteiger partial charge in [0.05, 0.1) is 18.1 Å². The maximum atomic E-state index is 13.9. The number of nitrogens with one attached hydrogen (secondary N) is 1. The van der Waals surface area contributed by atoms with Crippen LogP contribution in [0.4, 0.5) is 22.8 Å². The van der Waals surface area contributed by atoms with Crippen LogP contribution in [0.15, 0.2) is 27.7 Å². The number of hydrogen-bond donors (Lipinski definition) is 2. The van der Waals surface area contributed by atoms with Crippen molar-refractivity contribution in [3.05, 3.63) is 29.7 Å². The molecule has 1 atom stereocenters. The molecule has 0 unspecified atom stereocenters. The summed E-state index contributed by atoms with van der Waals surface area (Å²) < 4.78 is 57.9. The maximum absolute atomic E-state index is 13.9. The number of likely N-dealkylation sites (tertiary alicyclic amines) is 1. The minimum atomic E-state index is -4.65. The Hall–Kier alpha value is -3.84. The molecule has 2 amide bonds. The maximum Gasteiger partial charge on any atom is 0.437 e. The van der Waals surface area contributed by atoms with Crippen molar-refractivity contribution in [2.24, 2.45) is 4.99 Å². The molecule has 1 aliphatic heterocycles. The summed E-state index contributed by atoms with van der Waals surface area (Å²) in [6.45, 7) is 7.86. The van der Waals surface area contributed by atoms with Crippen LogP contribution in [0.1, 0.15) is 103 Å². The molecule has 0 bridgehead atoms. The Kier molecular flexibility index (Phi) is 12.4. The second-order valence-electron chi connectivity index (χ2n) is 11.8. The molecule has 0 aliphatic carbocycles. The van der Waals surface area contributed by atoms with Gasteiger partial charge in [-0.2, -0.15) is 18.2 Å². The first-order valence-corrected chi connectivity index (χ1v) is 15.0. The number of carbonyl (C=O) groups is 2. The van der Waals surface area contributed by atoms with Crippen LogP contribution in [0.25, 0.3) is 11.4 Å². The number of alkyl halides is 3. The number of carboxylic acid groups (broad SMARTS) is 1. The molecule has 1 aromatic heterocycles. The topological polar surface area (TPSA) is 139 Å². The van der Waals surface area contributed by atoms with Crippen molar-refractivity contribution in [1.82, 2.24) is 20.4 Å². The highest BCUT2D eigenvalue weighted by atomic mass is 19.4. The minimum absolute atomic E-state index is 0.0208. The van der Waals surface area contributed by atoms with E-state index in [0.29, 0.717) is 25.8 Å². The van der Waals surface area contributed by atoms with Gasteiger partial charge in [-0.25, -0.2) is 9.59 Å². The van der Waals surface area contributed by atoms with Crippen molar-refractivity contribution in [3.8, 4) is 17.1 Å². The lowest BCUT2D eigenvalue weighted by Crippen LogP contribution is -2.48. The zero-order chi connectivity index (χ0) is 32.3. The number of piperidine rings is 1. The number of unbranched alkanes of at least 4 members (excludes halogenated alkanes) is 6. The third kappa shape index (κ3) is 11.0. The Morgan fingerprint density at radius 2 is 1.84 bits per heavy atom. The lowest BCUT2D eigenvalue weighted by atomic mass is 9.98. The molecule has 11 nitrogen and oxygen atoms in total. The van der Waals surface area contributed by atoms with E-state index < -0.39 is 35.4 Å². The molecule has 1 aliphatic rings. The highest BCUT2D eigenvalue weighted by molar-refractivity contribution is 5.98. The van der Waals surface area contributed by atoms with Crippen molar-refractivity contribution in [1.29, 1.82) is 0 Å². The van der Waals surface area contributed by atoms with Gasteiger partial charge in [0.1, 0.15) is 11.4 Å². The van der Waals surface area contributed by atoms with E-state index in [2.05, 4.69) is 27.4 Å². The van der Waals surface area contributed by atoms with E-state index in [-0.39, 0.29) is 42.1 Å². The minimum Gasteiger partial charge on any atom is -0.493 e. The molecular formula is C30H42F3N5O6. The van der Waals surface area contributed by atoms with Crippen LogP contribution in [-0.2, 0) is 10.9 Å². The fraction of sp³-hybridized carbons (Fsp3) is 0.633. The lowest BCUT2D eigenvalue weighted by molar-refractivity contribution is -0.138. The number of benzene rings is 1. The summed E-state index contributed by atoms with van der Waals surface area (Å²) >= 11 is 0. The van der Waals surface area contributed by atoms with E-state index >= 15 is 0 Å². The first-order chi connectivity index (χ1) is 20.8. The van der Waals surface area contributed by atoms with Crippen molar-refractivity contribution in [2.75, 3.05) is 19.7 Å². The molecule has 2 N–H and O–H groups in total. The number of carbonyl (C=O) groups excluding carboxylic acids is 1. The van der Waals surface area contributed by atoms with Crippen molar-refractivity contribution < 1.29 is 41.9 Å². The average Bonchev–Trinajstić information content (AvgIpc) is 3.43. The average molecular weight is 626 g/mol. The number of aromatic nitrogens is 2. The molecule has 0 radical (unpaired) electrons. The zero-order valence-electron chi connectivity index (χ0n) is 25.7. The second-order valence-corrected chi connectivity index (χ2v) is 11.8. The van der Waals surface area contributed by atoms with Gasteiger partial charge in [-0.05, 0) is 58.2 Å². The van der Waals surface area contributed by atoms with E-state index in [1.54, 1.807) is 25.7 Å². The highest BCUT2D eigenvalue weighted by Gasteiger charge is 2.35. The Labute approximate surface area is 255 Å². The summed E-state index contributed by atoms with van der Waals surface area (Å²) in [6.07, 6.45) is 1.36. The molecule has 1 fully saturated rings. The summed E-state index contributed by atoms with van der Waals surface area (Å²) in [4.78, 5) is 33.3. The summed E-state index contributed by atoms with van der Waals surface area (Å²) in [5.41, 5.74) is -1.64. The number of guanidine groups is 1. The van der Waals surface area contributed by atoms with Crippen molar-refractivity contribution >= 4 is 18.1 Å². The summed E-state index contributed by atoms with van der Waals surface area (Å²) in [6, 6.07) is 3.68. The van der Waals surface area contributed by atoms with Crippen LogP contribution in [0.3, 0.4) is 0 Å². The fourth-order valence-electron chi connectivity index (χ4n) is 4.79. The van der Waals surface area contributed by atoms with Crippen molar-refractivity contribution in [2.45, 2.75) is 103 Å². The molecule has 3 rings (SSSR count). The van der Waals surface area contributed by atoms with Crippen LogP contribution in [-0.4, -0.2) is 63.6 Å². The third-order valence-corrected chi connectivity index (χ3v) is 6.87. The summed E-state index contributed by atoms with van der Waals surface area (Å²) in [5, 5.41) is 15.3. The molecule has 44 heavy (non-hydrogen) atoms. The molecule has 14 heteroatoms. The molecule has 0 spiro atoms. The Morgan fingerprint density at radius 3 is 2.50 bits per heavy atom. The van der Waals surface area contributed by atoms with Gasteiger partial charge in [-0.15, -0.1) is 4.99 Å². The Morgan fingerprint density at radius 1 is 1.14 bits per heavy atom. The molecule has 2 aromatic rings. The van der Waals surface area contributed by atoms with Crippen LogP contribution in [0, 0.1) is 0 Å². The smallest absolute Gasteiger partial charge is 0.437 e. The number of amides is 2. The first kappa shape index (κ1) is 34.6. The molecular weight excluding hydrogens is 583 g/mol. The van der Waals surface area contributed by atoms with Gasteiger partial charge in [0.15, 0.2) is 0 Å². The SMILES string of the molecule is CCCCCCCCCOc1ccc(-c2noc([C@@H]3CCCN(C(=NC(=O)OC(C)(C)C)NC(=O)O)C3)n2)cc1C(F)(F)F. The standard InChI is InChI=1S/C30H42F3N5O6/c1-5-6-7-8-9-10-11-17-42-23-15-14-20(18-22(23)30(31,32)33)24-34-25(44-37-24)21-13-12-16-38(19-21)26(35-27(39)40)36-28(41)43-29(2,3)4/h14-15,18,21H,5-13,16-17,19H2,1-4H3,(H,39,40)(H,35,36,41)/t21-/m1/s1. The number of halogens is 3. The van der Waals surface area contributed by atoms with Gasteiger partial charge in [0.2, 0.25) is 17.7 Å². The number of aliphatic imine (C=N–C) groups is 1. The molecule has 1 saturated heterocycles. The van der Waals surface area contributed by atoms with Crippen LogP contribution >= 0.6 is 0 Å². The van der Waals surface area contributed by atoms with Crippen LogP contribution in [0.2, 0.25) is 0 Å². The number of nitrogens with zero attached hydrogens (tertiary/aromatic N) is 4. The quantitative estimate of drug-likeness (QED) is 0.147.